The van der Waals surface area contributed by atoms with E-state index in [4.69, 9.17) is 5.26 Å². The first-order valence-electron chi connectivity index (χ1n) is 9.92. The largest absolute Gasteiger partial charge is 0.294 e. The summed E-state index contributed by atoms with van der Waals surface area (Å²) in [6.07, 6.45) is 6.76. The van der Waals surface area contributed by atoms with Crippen molar-refractivity contribution < 1.29 is 4.79 Å². The van der Waals surface area contributed by atoms with Crippen LogP contribution in [0.3, 0.4) is 0 Å². The summed E-state index contributed by atoms with van der Waals surface area (Å²) < 4.78 is 3.57. The maximum Gasteiger partial charge on any atom is 0.246 e. The van der Waals surface area contributed by atoms with Crippen LogP contribution in [0.5, 0.6) is 0 Å². The van der Waals surface area contributed by atoms with Crippen molar-refractivity contribution in [2.24, 2.45) is 5.10 Å². The molecule has 1 amide bonds. The highest BCUT2D eigenvalue weighted by Gasteiger charge is 2.12. The number of carbonyl (C=O) groups is 1. The number of nitrogens with one attached hydrogen (secondary N) is 1. The Labute approximate surface area is 192 Å². The molecule has 0 unspecified atom stereocenters. The molecular formula is C23H16N8OS. The van der Waals surface area contributed by atoms with Crippen LogP contribution in [0.15, 0.2) is 77.9 Å². The fraction of sp³-hybridized carbons (Fsp3) is 0.0435. The lowest BCUT2D eigenvalue weighted by atomic mass is 10.1. The van der Waals surface area contributed by atoms with Gasteiger partial charge in [-0.05, 0) is 29.8 Å². The van der Waals surface area contributed by atoms with Crippen LogP contribution >= 0.6 is 11.3 Å². The second kappa shape index (κ2) is 8.86. The molecule has 0 atom stereocenters. The number of imidazole rings is 1. The molecule has 0 aliphatic rings. The van der Waals surface area contributed by atoms with Crippen LogP contribution in [0.4, 0.5) is 0 Å². The van der Waals surface area contributed by atoms with Gasteiger partial charge in [-0.25, -0.2) is 20.1 Å². The first kappa shape index (κ1) is 20.3. The minimum Gasteiger partial charge on any atom is -0.294 e. The van der Waals surface area contributed by atoms with Crippen molar-refractivity contribution in [3.05, 3.63) is 89.6 Å². The Hall–Kier alpha value is -4.62. The van der Waals surface area contributed by atoms with Crippen molar-refractivity contribution in [2.75, 3.05) is 0 Å². The van der Waals surface area contributed by atoms with Gasteiger partial charge in [-0.3, -0.25) is 9.20 Å². The van der Waals surface area contributed by atoms with Crippen LogP contribution in [-0.4, -0.2) is 36.3 Å². The molecule has 0 fully saturated rings. The summed E-state index contributed by atoms with van der Waals surface area (Å²) in [5.74, 6) is -0.223. The third kappa shape index (κ3) is 4.39. The lowest BCUT2D eigenvalue weighted by molar-refractivity contribution is -0.120. The average Bonchev–Trinajstić information content (AvgIpc) is 3.59. The molecule has 9 nitrogen and oxygen atoms in total. The molecule has 160 valence electrons. The van der Waals surface area contributed by atoms with Gasteiger partial charge in [0.2, 0.25) is 5.91 Å². The minimum absolute atomic E-state index is 0.172. The topological polar surface area (TPSA) is 113 Å². The number of nitriles is 1. The van der Waals surface area contributed by atoms with Gasteiger partial charge in [-0.15, -0.1) is 11.3 Å². The van der Waals surface area contributed by atoms with Gasteiger partial charge in [-0.1, -0.05) is 24.3 Å². The number of carbonyl (C=O) groups excluding carboxylic acids is 1. The first-order valence-corrected chi connectivity index (χ1v) is 10.8. The zero-order valence-corrected chi connectivity index (χ0v) is 18.0. The number of hydrogen-bond acceptors (Lipinski definition) is 7. The van der Waals surface area contributed by atoms with Crippen LogP contribution < -0.4 is 5.43 Å². The summed E-state index contributed by atoms with van der Waals surface area (Å²) >= 11 is 1.47. The number of amides is 1. The molecule has 5 rings (SSSR count). The van der Waals surface area contributed by atoms with Gasteiger partial charge in [0.05, 0.1) is 35.6 Å². The molecule has 0 saturated heterocycles. The summed E-state index contributed by atoms with van der Waals surface area (Å²) in [5.41, 5.74) is 7.44. The van der Waals surface area contributed by atoms with Crippen molar-refractivity contribution in [3.8, 4) is 23.0 Å². The second-order valence-corrected chi connectivity index (χ2v) is 7.93. The smallest absolute Gasteiger partial charge is 0.246 e. The zero-order valence-electron chi connectivity index (χ0n) is 17.2. The number of aromatic nitrogens is 5. The Kier molecular flexibility index (Phi) is 5.45. The van der Waals surface area contributed by atoms with Crippen LogP contribution in [0.25, 0.3) is 21.9 Å². The molecule has 3 aromatic heterocycles. The van der Waals surface area contributed by atoms with Gasteiger partial charge in [-0.2, -0.15) is 15.5 Å². The Morgan fingerprint density at radius 1 is 1.18 bits per heavy atom. The summed E-state index contributed by atoms with van der Waals surface area (Å²) in [6, 6.07) is 16.9. The van der Waals surface area contributed by atoms with Crippen molar-refractivity contribution >= 4 is 28.4 Å². The Balaban J connectivity index is 1.23. The highest BCUT2D eigenvalue weighted by molar-refractivity contribution is 7.15. The zero-order chi connectivity index (χ0) is 22.6. The van der Waals surface area contributed by atoms with Gasteiger partial charge in [0.1, 0.15) is 12.7 Å². The standard InChI is InChI=1S/C23H16N8OS/c24-10-16-1-5-18(6-2-16)21-12-30-20(13-33-23(30)28-21)9-22(32)29-26-11-17-3-7-19(8-4-17)31-15-25-14-27-31/h1-8,11-15H,9H2,(H,29,32)/b26-11+. The maximum atomic E-state index is 12.4. The molecule has 0 bridgehead atoms. The monoisotopic (exact) mass is 452 g/mol. The highest BCUT2D eigenvalue weighted by atomic mass is 32.1. The van der Waals surface area contributed by atoms with E-state index < -0.39 is 0 Å². The lowest BCUT2D eigenvalue weighted by Crippen LogP contribution is -2.20. The summed E-state index contributed by atoms with van der Waals surface area (Å²) in [6.45, 7) is 0. The summed E-state index contributed by atoms with van der Waals surface area (Å²) in [7, 11) is 0. The number of hydrazone groups is 1. The number of benzene rings is 2. The van der Waals surface area contributed by atoms with E-state index in [-0.39, 0.29) is 12.3 Å². The van der Waals surface area contributed by atoms with E-state index in [0.717, 1.165) is 33.2 Å². The van der Waals surface area contributed by atoms with Gasteiger partial charge < -0.3 is 0 Å². The molecule has 0 aliphatic heterocycles. The van der Waals surface area contributed by atoms with E-state index in [1.54, 1.807) is 29.4 Å². The molecular weight excluding hydrogens is 436 g/mol. The highest BCUT2D eigenvalue weighted by Crippen LogP contribution is 2.24. The van der Waals surface area contributed by atoms with Crippen molar-refractivity contribution in [1.29, 1.82) is 5.26 Å². The molecule has 0 aliphatic carbocycles. The third-order valence-corrected chi connectivity index (χ3v) is 5.80. The van der Waals surface area contributed by atoms with Crippen molar-refractivity contribution in [1.82, 2.24) is 29.6 Å². The number of rotatable bonds is 6. The van der Waals surface area contributed by atoms with Crippen molar-refractivity contribution in [2.45, 2.75) is 6.42 Å². The lowest BCUT2D eigenvalue weighted by Gasteiger charge is -2.01. The molecule has 5 aromatic rings. The maximum absolute atomic E-state index is 12.4. The van der Waals surface area contributed by atoms with E-state index in [0.29, 0.717) is 5.56 Å². The van der Waals surface area contributed by atoms with Crippen LogP contribution in [-0.2, 0) is 11.2 Å². The van der Waals surface area contributed by atoms with Gasteiger partial charge >= 0.3 is 0 Å². The van der Waals surface area contributed by atoms with E-state index in [9.17, 15) is 4.79 Å². The third-order valence-electron chi connectivity index (χ3n) is 4.91. The molecule has 2 aromatic carbocycles. The second-order valence-electron chi connectivity index (χ2n) is 7.10. The normalized spacial score (nSPS) is 11.1. The number of fused-ring (bicyclic) bond motifs is 1. The first-order chi connectivity index (χ1) is 16.2. The van der Waals surface area contributed by atoms with Crippen molar-refractivity contribution in [3.63, 3.8) is 0 Å². The predicted molar refractivity (Wildman–Crippen MR) is 124 cm³/mol. The fourth-order valence-electron chi connectivity index (χ4n) is 3.25. The SMILES string of the molecule is N#Cc1ccc(-c2cn3c(CC(=O)N/N=C/c4ccc(-n5cncn5)cc4)csc3n2)cc1. The summed E-state index contributed by atoms with van der Waals surface area (Å²) in [4.78, 5) is 21.7. The van der Waals surface area contributed by atoms with E-state index in [1.165, 1.54) is 17.7 Å². The van der Waals surface area contributed by atoms with E-state index in [1.807, 2.05) is 52.4 Å². The fourth-order valence-corrected chi connectivity index (χ4v) is 4.12. The predicted octanol–water partition coefficient (Wildman–Crippen LogP) is 3.21. The molecule has 1 N–H and O–H groups in total. The van der Waals surface area contributed by atoms with Gasteiger partial charge in [0.15, 0.2) is 4.96 Å². The van der Waals surface area contributed by atoms with Gasteiger partial charge in [0, 0.05) is 22.8 Å². The average molecular weight is 453 g/mol. The number of thiazole rings is 1. The van der Waals surface area contributed by atoms with Crippen LogP contribution in [0.1, 0.15) is 16.8 Å². The molecule has 0 spiro atoms. The number of nitrogens with zero attached hydrogens (tertiary/aromatic N) is 7. The van der Waals surface area contributed by atoms with Gasteiger partial charge in [0.25, 0.3) is 0 Å². The Bertz CT molecular complexity index is 1470. The van der Waals surface area contributed by atoms with E-state index in [2.05, 4.69) is 31.7 Å². The Morgan fingerprint density at radius 3 is 2.73 bits per heavy atom. The van der Waals surface area contributed by atoms with Crippen LogP contribution in [0, 0.1) is 11.3 Å². The molecule has 0 radical (unpaired) electrons. The molecule has 10 heteroatoms. The molecule has 0 saturated carbocycles. The molecule has 3 heterocycles. The molecule has 33 heavy (non-hydrogen) atoms. The Morgan fingerprint density at radius 2 is 2.00 bits per heavy atom. The minimum atomic E-state index is -0.223. The number of hydrogen-bond donors (Lipinski definition) is 1. The summed E-state index contributed by atoms with van der Waals surface area (Å²) in [5, 5.41) is 19.0. The quantitative estimate of drug-likeness (QED) is 0.314. The van der Waals surface area contributed by atoms with E-state index >= 15 is 0 Å². The van der Waals surface area contributed by atoms with Crippen LogP contribution in [0.2, 0.25) is 0 Å².